The monoisotopic (exact) mass is 447 g/mol. The van der Waals surface area contributed by atoms with Crippen LogP contribution in [0.3, 0.4) is 0 Å². The average molecular weight is 448 g/mol. The molecule has 0 radical (unpaired) electrons. The van der Waals surface area contributed by atoms with Crippen LogP contribution in [-0.4, -0.2) is 46.9 Å². The lowest BCUT2D eigenvalue weighted by Gasteiger charge is -2.37. The number of rotatable bonds is 6. The van der Waals surface area contributed by atoms with Gasteiger partial charge in [-0.15, -0.1) is 0 Å². The lowest BCUT2D eigenvalue weighted by atomic mass is 9.82. The maximum Gasteiger partial charge on any atom is 0.303 e. The number of sulfonamides is 1. The van der Waals surface area contributed by atoms with Crippen molar-refractivity contribution in [1.82, 2.24) is 14.3 Å². The number of carbonyl (C=O) groups is 1. The first kappa shape index (κ1) is 20.8. The van der Waals surface area contributed by atoms with Gasteiger partial charge >= 0.3 is 5.97 Å². The highest BCUT2D eigenvalue weighted by Gasteiger charge is 2.36. The van der Waals surface area contributed by atoms with E-state index in [0.29, 0.717) is 35.8 Å². The molecule has 9 heteroatoms. The minimum Gasteiger partial charge on any atom is -0.481 e. The molecule has 0 aliphatic carbocycles. The van der Waals surface area contributed by atoms with Gasteiger partial charge in [0, 0.05) is 25.9 Å². The number of hydrogen-bond acceptors (Lipinski definition) is 4. The maximum absolute atomic E-state index is 13.1. The van der Waals surface area contributed by atoms with Gasteiger partial charge in [-0.3, -0.25) is 4.79 Å². The van der Waals surface area contributed by atoms with Crippen molar-refractivity contribution in [3.8, 4) is 0 Å². The number of fused-ring (bicyclic) bond motifs is 1. The Bertz CT molecular complexity index is 1160. The quantitative estimate of drug-likeness (QED) is 0.601. The van der Waals surface area contributed by atoms with Crippen LogP contribution in [0.15, 0.2) is 53.4 Å². The normalized spacial score (nSPS) is 20.4. The second-order valence-electron chi connectivity index (χ2n) is 7.61. The molecule has 30 heavy (non-hydrogen) atoms. The van der Waals surface area contributed by atoms with Crippen LogP contribution in [0.25, 0.3) is 11.0 Å². The maximum atomic E-state index is 13.1. The second-order valence-corrected chi connectivity index (χ2v) is 9.95. The van der Waals surface area contributed by atoms with Crippen molar-refractivity contribution in [3.05, 3.63) is 59.4 Å². The molecule has 1 aliphatic rings. The van der Waals surface area contributed by atoms with Gasteiger partial charge < -0.3 is 10.1 Å². The van der Waals surface area contributed by atoms with E-state index in [0.717, 1.165) is 5.52 Å². The van der Waals surface area contributed by atoms with Gasteiger partial charge in [-0.2, -0.15) is 4.31 Å². The molecule has 4 rings (SSSR count). The van der Waals surface area contributed by atoms with Crippen LogP contribution in [0.5, 0.6) is 0 Å². The summed E-state index contributed by atoms with van der Waals surface area (Å²) in [5, 5.41) is 9.87. The Hall–Kier alpha value is -2.42. The van der Waals surface area contributed by atoms with Crippen molar-refractivity contribution in [2.75, 3.05) is 13.1 Å². The Labute approximate surface area is 179 Å². The second kappa shape index (κ2) is 8.37. The van der Waals surface area contributed by atoms with Crippen LogP contribution >= 0.6 is 11.6 Å². The summed E-state index contributed by atoms with van der Waals surface area (Å²) in [5.74, 6) is -0.504. The molecular weight excluding hydrogens is 426 g/mol. The van der Waals surface area contributed by atoms with Crippen molar-refractivity contribution >= 4 is 38.6 Å². The summed E-state index contributed by atoms with van der Waals surface area (Å²) in [6.07, 6.45) is 0.943. The molecular formula is C21H22ClN3O4S. The SMILES string of the molecule is O=C(O)CC1CCN(S(=O)(=O)c2ccccc2)CC1Cc1nc2c(Cl)cccc2[nH]1. The van der Waals surface area contributed by atoms with Crippen LogP contribution in [0.1, 0.15) is 18.7 Å². The number of imidazole rings is 1. The van der Waals surface area contributed by atoms with Gasteiger partial charge in [0.15, 0.2) is 0 Å². The molecule has 2 atom stereocenters. The molecule has 7 nitrogen and oxygen atoms in total. The number of para-hydroxylation sites is 1. The zero-order valence-electron chi connectivity index (χ0n) is 16.2. The fraction of sp³-hybridized carbons (Fsp3) is 0.333. The zero-order chi connectivity index (χ0) is 21.3. The largest absolute Gasteiger partial charge is 0.481 e. The highest BCUT2D eigenvalue weighted by Crippen LogP contribution is 2.33. The van der Waals surface area contributed by atoms with E-state index >= 15 is 0 Å². The smallest absolute Gasteiger partial charge is 0.303 e. The number of H-pyrrole nitrogens is 1. The van der Waals surface area contributed by atoms with Crippen molar-refractivity contribution < 1.29 is 18.3 Å². The summed E-state index contributed by atoms with van der Waals surface area (Å²) in [4.78, 5) is 19.4. The van der Waals surface area contributed by atoms with Crippen molar-refractivity contribution in [2.24, 2.45) is 11.8 Å². The number of aliphatic carboxylic acids is 1. The van der Waals surface area contributed by atoms with Gasteiger partial charge in [-0.05, 0) is 42.5 Å². The van der Waals surface area contributed by atoms with Crippen LogP contribution in [-0.2, 0) is 21.2 Å². The molecule has 0 spiro atoms. The Morgan fingerprint density at radius 3 is 2.63 bits per heavy atom. The van der Waals surface area contributed by atoms with E-state index in [1.54, 1.807) is 36.4 Å². The van der Waals surface area contributed by atoms with E-state index in [4.69, 9.17) is 11.6 Å². The van der Waals surface area contributed by atoms with E-state index in [9.17, 15) is 18.3 Å². The Kier molecular flexibility index (Phi) is 5.81. The van der Waals surface area contributed by atoms with Crippen LogP contribution < -0.4 is 0 Å². The summed E-state index contributed by atoms with van der Waals surface area (Å²) >= 11 is 6.21. The number of aromatic amines is 1. The number of halogens is 1. The number of nitrogens with one attached hydrogen (secondary N) is 1. The van der Waals surface area contributed by atoms with Gasteiger partial charge in [0.1, 0.15) is 11.3 Å². The summed E-state index contributed by atoms with van der Waals surface area (Å²) in [6, 6.07) is 13.8. The van der Waals surface area contributed by atoms with Gasteiger partial charge in [0.2, 0.25) is 10.0 Å². The molecule has 2 unspecified atom stereocenters. The molecule has 3 aromatic rings. The van der Waals surface area contributed by atoms with E-state index in [1.807, 2.05) is 12.1 Å². The molecule has 0 bridgehead atoms. The van der Waals surface area contributed by atoms with Gasteiger partial charge in [-0.1, -0.05) is 35.9 Å². The fourth-order valence-electron chi connectivity index (χ4n) is 4.12. The number of aromatic nitrogens is 2. The topological polar surface area (TPSA) is 103 Å². The third-order valence-corrected chi connectivity index (χ3v) is 7.82. The Morgan fingerprint density at radius 2 is 1.93 bits per heavy atom. The molecule has 1 fully saturated rings. The molecule has 2 aromatic carbocycles. The third kappa shape index (κ3) is 4.21. The van der Waals surface area contributed by atoms with Crippen molar-refractivity contribution in [2.45, 2.75) is 24.2 Å². The molecule has 2 heterocycles. The molecule has 0 amide bonds. The molecule has 158 valence electrons. The first-order valence-corrected chi connectivity index (χ1v) is 11.6. The Morgan fingerprint density at radius 1 is 1.17 bits per heavy atom. The number of benzene rings is 2. The molecule has 2 N–H and O–H groups in total. The number of piperidine rings is 1. The molecule has 1 aromatic heterocycles. The zero-order valence-corrected chi connectivity index (χ0v) is 17.7. The molecule has 1 aliphatic heterocycles. The van der Waals surface area contributed by atoms with Crippen molar-refractivity contribution in [1.29, 1.82) is 0 Å². The summed E-state index contributed by atoms with van der Waals surface area (Å²) in [5.41, 5.74) is 1.46. The molecule has 0 saturated carbocycles. The van der Waals surface area contributed by atoms with Gasteiger partial charge in [-0.25, -0.2) is 13.4 Å². The lowest BCUT2D eigenvalue weighted by molar-refractivity contribution is -0.138. The first-order chi connectivity index (χ1) is 14.3. The van der Waals surface area contributed by atoms with E-state index in [-0.39, 0.29) is 29.7 Å². The number of carboxylic acid groups (broad SMARTS) is 1. The summed E-state index contributed by atoms with van der Waals surface area (Å²) < 4.78 is 27.6. The highest BCUT2D eigenvalue weighted by atomic mass is 35.5. The average Bonchev–Trinajstić information content (AvgIpc) is 3.13. The molecule has 1 saturated heterocycles. The number of carboxylic acids is 1. The lowest BCUT2D eigenvalue weighted by Crippen LogP contribution is -2.45. The minimum absolute atomic E-state index is 0.00484. The predicted octanol–water partition coefficient (Wildman–Crippen LogP) is 3.56. The predicted molar refractivity (Wildman–Crippen MR) is 114 cm³/mol. The van der Waals surface area contributed by atoms with Crippen molar-refractivity contribution in [3.63, 3.8) is 0 Å². The summed E-state index contributed by atoms with van der Waals surface area (Å²) in [7, 11) is -3.64. The number of nitrogens with zero attached hydrogens (tertiary/aromatic N) is 2. The third-order valence-electron chi connectivity index (χ3n) is 5.64. The Balaban J connectivity index is 1.61. The van der Waals surface area contributed by atoms with Gasteiger partial charge in [0.25, 0.3) is 0 Å². The van der Waals surface area contributed by atoms with Crippen LogP contribution in [0.4, 0.5) is 0 Å². The number of hydrogen-bond donors (Lipinski definition) is 2. The fourth-order valence-corrected chi connectivity index (χ4v) is 5.87. The van der Waals surface area contributed by atoms with E-state index in [2.05, 4.69) is 9.97 Å². The van der Waals surface area contributed by atoms with E-state index < -0.39 is 16.0 Å². The van der Waals surface area contributed by atoms with Crippen LogP contribution in [0.2, 0.25) is 5.02 Å². The first-order valence-electron chi connectivity index (χ1n) is 9.74. The standard InChI is InChI=1S/C21H22ClN3O4S/c22-17-7-4-8-18-21(17)24-19(23-18)11-15-13-25(10-9-14(15)12-20(26)27)30(28,29)16-5-2-1-3-6-16/h1-8,14-15H,9-13H2,(H,23,24)(H,26,27). The summed E-state index contributed by atoms with van der Waals surface area (Å²) in [6.45, 7) is 0.553. The van der Waals surface area contributed by atoms with Crippen LogP contribution in [0, 0.1) is 11.8 Å². The minimum atomic E-state index is -3.64. The highest BCUT2D eigenvalue weighted by molar-refractivity contribution is 7.89. The van der Waals surface area contributed by atoms with Gasteiger partial charge in [0.05, 0.1) is 15.4 Å². The van der Waals surface area contributed by atoms with E-state index in [1.165, 1.54) is 4.31 Å².